The molecular weight excluding hydrogens is 231 g/mol. The van der Waals surface area contributed by atoms with Crippen molar-refractivity contribution in [3.05, 3.63) is 0 Å². The number of nitrogens with two attached hydrogens (primary N) is 2. The number of rotatable bonds is 5. The molecule has 0 fully saturated rings. The molecule has 0 unspecified atom stereocenters. The van der Waals surface area contributed by atoms with Crippen LogP contribution >= 0.6 is 0 Å². The molecule has 6 N–H and O–H groups in total. The topological polar surface area (TPSA) is 167 Å². The van der Waals surface area contributed by atoms with Gasteiger partial charge in [0.2, 0.25) is 0 Å². The summed E-state index contributed by atoms with van der Waals surface area (Å²) in [5.74, 6) is -3.41. The van der Waals surface area contributed by atoms with Gasteiger partial charge >= 0.3 is 41.5 Å². The van der Waals surface area contributed by atoms with Gasteiger partial charge in [-0.3, -0.25) is 9.59 Å². The summed E-state index contributed by atoms with van der Waals surface area (Å²) in [6.07, 6.45) is -0.224. The van der Waals surface area contributed by atoms with Gasteiger partial charge < -0.3 is 31.6 Å². The van der Waals surface area contributed by atoms with Gasteiger partial charge in [0.25, 0.3) is 0 Å². The van der Waals surface area contributed by atoms with E-state index in [0.29, 0.717) is 0 Å². The molecule has 0 rings (SSSR count). The molecular formula is C7H13N2NaO6. The molecule has 0 spiro atoms. The minimum atomic E-state index is -1.22. The summed E-state index contributed by atoms with van der Waals surface area (Å²) < 4.78 is 0. The van der Waals surface area contributed by atoms with E-state index >= 15 is 0 Å². The molecule has 0 amide bonds. The first-order chi connectivity index (χ1) is 6.81. The molecule has 0 aromatic rings. The summed E-state index contributed by atoms with van der Waals surface area (Å²) in [5.41, 5.74) is 9.51. The second-order valence-corrected chi connectivity index (χ2v) is 2.45. The maximum atomic E-state index is 9.99. The van der Waals surface area contributed by atoms with Gasteiger partial charge in [0.15, 0.2) is 0 Å². The fraction of sp³-hybridized carbons (Fsp3) is 0.571. The predicted octanol–water partition coefficient (Wildman–Crippen LogP) is -6.04. The Kier molecular flexibility index (Phi) is 16.0. The van der Waals surface area contributed by atoms with Crippen LogP contribution in [0.15, 0.2) is 0 Å². The Hall–Kier alpha value is -0.670. The van der Waals surface area contributed by atoms with E-state index in [2.05, 4.69) is 5.73 Å². The molecule has 9 heteroatoms. The zero-order chi connectivity index (χ0) is 12.4. The Bertz CT molecular complexity index is 235. The maximum Gasteiger partial charge on any atom is 1.00 e. The van der Waals surface area contributed by atoms with E-state index in [1.54, 1.807) is 0 Å². The van der Waals surface area contributed by atoms with Crippen LogP contribution in [0.5, 0.6) is 0 Å². The van der Waals surface area contributed by atoms with Crippen LogP contribution in [0.4, 0.5) is 0 Å². The Labute approximate surface area is 114 Å². The summed E-state index contributed by atoms with van der Waals surface area (Å²) in [6, 6.07) is -1.06. The van der Waals surface area contributed by atoms with E-state index in [1.807, 2.05) is 0 Å². The van der Waals surface area contributed by atoms with Gasteiger partial charge in [0.1, 0.15) is 6.04 Å². The Morgan fingerprint density at radius 1 is 1.25 bits per heavy atom. The van der Waals surface area contributed by atoms with Crippen LogP contribution in [0.2, 0.25) is 0 Å². The SMILES string of the molecule is NCC(=O)[O-].N[C@@H](CCC(=O)O)C(=O)O.[Na+]. The third kappa shape index (κ3) is 19.0. The van der Waals surface area contributed by atoms with E-state index in [-0.39, 0.29) is 48.9 Å². The maximum absolute atomic E-state index is 9.99. The minimum absolute atomic E-state index is 0. The van der Waals surface area contributed by atoms with Crippen LogP contribution in [0, 0.1) is 0 Å². The van der Waals surface area contributed by atoms with Gasteiger partial charge in [-0.1, -0.05) is 0 Å². The zero-order valence-electron chi connectivity index (χ0n) is 8.88. The van der Waals surface area contributed by atoms with E-state index in [9.17, 15) is 9.59 Å². The molecule has 0 aliphatic rings. The first kappa shape index (κ1) is 20.7. The summed E-state index contributed by atoms with van der Waals surface area (Å²) in [4.78, 5) is 29.0. The molecule has 0 radical (unpaired) electrons. The molecule has 0 saturated carbocycles. The summed E-state index contributed by atoms with van der Waals surface area (Å²) in [6.45, 7) is -0.389. The first-order valence-corrected chi connectivity index (χ1v) is 3.91. The Balaban J connectivity index is -0.000000242. The first-order valence-electron chi connectivity index (χ1n) is 3.91. The van der Waals surface area contributed by atoms with Crippen LogP contribution in [0.3, 0.4) is 0 Å². The molecule has 16 heavy (non-hydrogen) atoms. The zero-order valence-corrected chi connectivity index (χ0v) is 10.9. The third-order valence-electron chi connectivity index (χ3n) is 1.15. The second-order valence-electron chi connectivity index (χ2n) is 2.45. The van der Waals surface area contributed by atoms with E-state index < -0.39 is 23.9 Å². The van der Waals surface area contributed by atoms with Gasteiger partial charge in [0.05, 0.1) is 5.97 Å². The standard InChI is InChI=1S/C5H9NO4.C2H5NO2.Na/c6-3(5(9)10)1-2-4(7)8;3-1-2(4)5;/h3H,1-2,6H2,(H,7,8)(H,9,10);1,3H2,(H,4,5);/q;;+1/p-1/t3-;;/m0../s1. The van der Waals surface area contributed by atoms with Crippen LogP contribution in [-0.4, -0.2) is 40.7 Å². The normalized spacial score (nSPS) is 10.1. The summed E-state index contributed by atoms with van der Waals surface area (Å²) in [7, 11) is 0. The molecule has 0 aliphatic heterocycles. The van der Waals surface area contributed by atoms with Crippen molar-refractivity contribution in [1.29, 1.82) is 0 Å². The molecule has 0 saturated heterocycles. The van der Waals surface area contributed by atoms with Crippen molar-refractivity contribution in [3.8, 4) is 0 Å². The summed E-state index contributed by atoms with van der Waals surface area (Å²) >= 11 is 0. The van der Waals surface area contributed by atoms with Crippen molar-refractivity contribution in [1.82, 2.24) is 0 Å². The van der Waals surface area contributed by atoms with Crippen LogP contribution in [-0.2, 0) is 14.4 Å². The average molecular weight is 244 g/mol. The molecule has 0 bridgehead atoms. The fourth-order valence-corrected chi connectivity index (χ4v) is 0.402. The van der Waals surface area contributed by atoms with E-state index in [0.717, 1.165) is 0 Å². The summed E-state index contributed by atoms with van der Waals surface area (Å²) in [5, 5.41) is 25.4. The van der Waals surface area contributed by atoms with Crippen molar-refractivity contribution >= 4 is 17.9 Å². The minimum Gasteiger partial charge on any atom is -0.549 e. The van der Waals surface area contributed by atoms with Crippen molar-refractivity contribution in [3.63, 3.8) is 0 Å². The smallest absolute Gasteiger partial charge is 0.549 e. The molecule has 0 aromatic carbocycles. The Morgan fingerprint density at radius 3 is 1.81 bits per heavy atom. The van der Waals surface area contributed by atoms with Crippen molar-refractivity contribution in [2.24, 2.45) is 11.5 Å². The van der Waals surface area contributed by atoms with Crippen molar-refractivity contribution < 1.29 is 59.3 Å². The van der Waals surface area contributed by atoms with Crippen LogP contribution in [0.1, 0.15) is 12.8 Å². The number of carboxylic acids is 3. The van der Waals surface area contributed by atoms with Gasteiger partial charge in [-0.2, -0.15) is 0 Å². The number of hydrogen-bond donors (Lipinski definition) is 4. The average Bonchev–Trinajstić information content (AvgIpc) is 2.14. The van der Waals surface area contributed by atoms with E-state index in [1.165, 1.54) is 0 Å². The van der Waals surface area contributed by atoms with Gasteiger partial charge in [-0.05, 0) is 6.42 Å². The number of carboxylic acid groups (broad SMARTS) is 3. The number of hydrogen-bond acceptors (Lipinski definition) is 6. The largest absolute Gasteiger partial charge is 1.00 e. The molecule has 8 nitrogen and oxygen atoms in total. The number of aliphatic carboxylic acids is 3. The fourth-order valence-electron chi connectivity index (χ4n) is 0.402. The molecule has 0 aliphatic carbocycles. The van der Waals surface area contributed by atoms with Gasteiger partial charge in [-0.25, -0.2) is 0 Å². The second kappa shape index (κ2) is 12.4. The van der Waals surface area contributed by atoms with Crippen molar-refractivity contribution in [2.45, 2.75) is 18.9 Å². The molecule has 0 heterocycles. The van der Waals surface area contributed by atoms with Crippen LogP contribution < -0.4 is 46.1 Å². The number of carbonyl (C=O) groups excluding carboxylic acids is 1. The van der Waals surface area contributed by atoms with Gasteiger partial charge in [0, 0.05) is 13.0 Å². The quantitative estimate of drug-likeness (QED) is 0.346. The van der Waals surface area contributed by atoms with Crippen LogP contribution in [0.25, 0.3) is 0 Å². The molecule has 0 aromatic heterocycles. The monoisotopic (exact) mass is 244 g/mol. The predicted molar refractivity (Wildman–Crippen MR) is 46.5 cm³/mol. The van der Waals surface area contributed by atoms with Gasteiger partial charge in [-0.15, -0.1) is 0 Å². The third-order valence-corrected chi connectivity index (χ3v) is 1.15. The molecule has 88 valence electrons. The molecule has 1 atom stereocenters. The van der Waals surface area contributed by atoms with Crippen molar-refractivity contribution in [2.75, 3.05) is 6.54 Å². The van der Waals surface area contributed by atoms with E-state index in [4.69, 9.17) is 25.8 Å². The number of carbonyl (C=O) groups is 3. The Morgan fingerprint density at radius 2 is 1.62 bits per heavy atom.